The number of hydrogen-bond acceptors (Lipinski definition) is 3. The SMILES string of the molecule is Cc1nccn1CCOc1c(Br)cccc1CCN. The predicted molar refractivity (Wildman–Crippen MR) is 79.4 cm³/mol. The molecule has 0 aliphatic rings. The Kier molecular flexibility index (Phi) is 4.99. The van der Waals surface area contributed by atoms with E-state index < -0.39 is 0 Å². The van der Waals surface area contributed by atoms with E-state index in [0.29, 0.717) is 13.2 Å². The maximum Gasteiger partial charge on any atom is 0.136 e. The van der Waals surface area contributed by atoms with Crippen LogP contribution in [0.1, 0.15) is 11.4 Å². The van der Waals surface area contributed by atoms with Crippen LogP contribution in [0, 0.1) is 6.92 Å². The van der Waals surface area contributed by atoms with Crippen LogP contribution in [0.15, 0.2) is 35.1 Å². The molecule has 2 rings (SSSR count). The number of hydrogen-bond donors (Lipinski definition) is 1. The Hall–Kier alpha value is -1.33. The van der Waals surface area contributed by atoms with Gasteiger partial charge >= 0.3 is 0 Å². The van der Waals surface area contributed by atoms with Gasteiger partial charge in [0.15, 0.2) is 0 Å². The first-order valence-electron chi connectivity index (χ1n) is 6.30. The second kappa shape index (κ2) is 6.73. The number of aromatic nitrogens is 2. The molecule has 0 radical (unpaired) electrons. The fourth-order valence-corrected chi connectivity index (χ4v) is 2.48. The Morgan fingerprint density at radius 2 is 2.26 bits per heavy atom. The first-order valence-corrected chi connectivity index (χ1v) is 7.09. The van der Waals surface area contributed by atoms with Gasteiger partial charge in [0.25, 0.3) is 0 Å². The lowest BCUT2D eigenvalue weighted by molar-refractivity contribution is 0.292. The standard InChI is InChI=1S/C14H18BrN3O/c1-11-17-7-8-18(11)9-10-19-14-12(5-6-16)3-2-4-13(14)15/h2-4,7-8H,5-6,9-10,16H2,1H3. The van der Waals surface area contributed by atoms with Gasteiger partial charge in [0.1, 0.15) is 18.2 Å². The highest BCUT2D eigenvalue weighted by Crippen LogP contribution is 2.29. The first-order chi connectivity index (χ1) is 9.22. The lowest BCUT2D eigenvalue weighted by Gasteiger charge is -2.13. The lowest BCUT2D eigenvalue weighted by atomic mass is 10.1. The van der Waals surface area contributed by atoms with E-state index in [1.54, 1.807) is 6.20 Å². The second-order valence-corrected chi connectivity index (χ2v) is 5.14. The van der Waals surface area contributed by atoms with Crippen LogP contribution < -0.4 is 10.5 Å². The van der Waals surface area contributed by atoms with Crippen molar-refractivity contribution in [2.75, 3.05) is 13.2 Å². The smallest absolute Gasteiger partial charge is 0.136 e. The molecule has 0 saturated heterocycles. The average Bonchev–Trinajstić information content (AvgIpc) is 2.79. The Balaban J connectivity index is 2.01. The summed E-state index contributed by atoms with van der Waals surface area (Å²) < 4.78 is 8.94. The second-order valence-electron chi connectivity index (χ2n) is 4.28. The molecule has 0 saturated carbocycles. The van der Waals surface area contributed by atoms with Gasteiger partial charge < -0.3 is 15.0 Å². The van der Waals surface area contributed by atoms with Crippen molar-refractivity contribution in [3.63, 3.8) is 0 Å². The van der Waals surface area contributed by atoms with Crippen molar-refractivity contribution in [3.05, 3.63) is 46.5 Å². The number of para-hydroxylation sites is 1. The third-order valence-electron chi connectivity index (χ3n) is 2.96. The van der Waals surface area contributed by atoms with Gasteiger partial charge in [0.2, 0.25) is 0 Å². The quantitative estimate of drug-likeness (QED) is 0.888. The molecule has 102 valence electrons. The maximum absolute atomic E-state index is 5.90. The van der Waals surface area contributed by atoms with Gasteiger partial charge in [0, 0.05) is 12.4 Å². The molecule has 2 N–H and O–H groups in total. The van der Waals surface area contributed by atoms with Gasteiger partial charge in [-0.3, -0.25) is 0 Å². The Morgan fingerprint density at radius 3 is 2.95 bits per heavy atom. The van der Waals surface area contributed by atoms with Crippen LogP contribution in [0.3, 0.4) is 0 Å². The Labute approximate surface area is 121 Å². The normalized spacial score (nSPS) is 10.7. The summed E-state index contributed by atoms with van der Waals surface area (Å²) in [6.07, 6.45) is 4.58. The number of halogens is 1. The lowest BCUT2D eigenvalue weighted by Crippen LogP contribution is -2.11. The van der Waals surface area contributed by atoms with Crippen molar-refractivity contribution in [1.82, 2.24) is 9.55 Å². The molecule has 0 bridgehead atoms. The molecule has 0 atom stereocenters. The van der Waals surface area contributed by atoms with Crippen molar-refractivity contribution in [3.8, 4) is 5.75 Å². The zero-order valence-corrected chi connectivity index (χ0v) is 12.6. The van der Waals surface area contributed by atoms with Gasteiger partial charge in [-0.05, 0) is 47.4 Å². The van der Waals surface area contributed by atoms with E-state index in [4.69, 9.17) is 10.5 Å². The third-order valence-corrected chi connectivity index (χ3v) is 3.59. The van der Waals surface area contributed by atoms with Crippen molar-refractivity contribution >= 4 is 15.9 Å². The summed E-state index contributed by atoms with van der Waals surface area (Å²) >= 11 is 3.53. The van der Waals surface area contributed by atoms with E-state index in [1.165, 1.54) is 0 Å². The topological polar surface area (TPSA) is 53.1 Å². The fraction of sp³-hybridized carbons (Fsp3) is 0.357. The van der Waals surface area contributed by atoms with Gasteiger partial charge in [-0.2, -0.15) is 0 Å². The molecule has 1 aromatic carbocycles. The molecule has 0 unspecified atom stereocenters. The molecule has 1 heterocycles. The van der Waals surface area contributed by atoms with Crippen LogP contribution in [-0.2, 0) is 13.0 Å². The van der Waals surface area contributed by atoms with Gasteiger partial charge in [-0.1, -0.05) is 12.1 Å². The van der Waals surface area contributed by atoms with E-state index in [0.717, 1.165) is 34.6 Å². The van der Waals surface area contributed by atoms with Gasteiger partial charge in [-0.25, -0.2) is 4.98 Å². The van der Waals surface area contributed by atoms with E-state index in [1.807, 2.05) is 25.3 Å². The average molecular weight is 324 g/mol. The number of rotatable bonds is 6. The fourth-order valence-electron chi connectivity index (χ4n) is 1.95. The predicted octanol–water partition coefficient (Wildman–Crippen LogP) is 2.53. The summed E-state index contributed by atoms with van der Waals surface area (Å²) in [5.41, 5.74) is 6.76. The monoisotopic (exact) mass is 323 g/mol. The van der Waals surface area contributed by atoms with Crippen molar-refractivity contribution in [2.24, 2.45) is 5.73 Å². The van der Waals surface area contributed by atoms with Gasteiger partial charge in [-0.15, -0.1) is 0 Å². The summed E-state index contributed by atoms with van der Waals surface area (Å²) in [6, 6.07) is 6.04. The van der Waals surface area contributed by atoms with Crippen LogP contribution in [0.2, 0.25) is 0 Å². The molecule has 2 aromatic rings. The summed E-state index contributed by atoms with van der Waals surface area (Å²) in [4.78, 5) is 4.19. The first kappa shape index (κ1) is 14.1. The van der Waals surface area contributed by atoms with Crippen molar-refractivity contribution in [2.45, 2.75) is 19.9 Å². The summed E-state index contributed by atoms with van der Waals surface area (Å²) in [5.74, 6) is 1.89. The highest BCUT2D eigenvalue weighted by molar-refractivity contribution is 9.10. The molecule has 0 amide bonds. The largest absolute Gasteiger partial charge is 0.490 e. The minimum atomic E-state index is 0.609. The number of ether oxygens (including phenoxy) is 1. The van der Waals surface area contributed by atoms with Crippen LogP contribution >= 0.6 is 15.9 Å². The molecule has 1 aromatic heterocycles. The van der Waals surface area contributed by atoms with Crippen LogP contribution in [-0.4, -0.2) is 22.7 Å². The molecule has 5 heteroatoms. The molecular formula is C14H18BrN3O. The zero-order valence-electron chi connectivity index (χ0n) is 11.0. The number of nitrogens with two attached hydrogens (primary N) is 1. The van der Waals surface area contributed by atoms with Crippen LogP contribution in [0.4, 0.5) is 0 Å². The van der Waals surface area contributed by atoms with E-state index in [9.17, 15) is 0 Å². The summed E-state index contributed by atoms with van der Waals surface area (Å²) in [7, 11) is 0. The number of benzene rings is 1. The van der Waals surface area contributed by atoms with E-state index in [2.05, 4.69) is 31.5 Å². The Morgan fingerprint density at radius 1 is 1.42 bits per heavy atom. The number of nitrogens with zero attached hydrogens (tertiary/aromatic N) is 2. The highest BCUT2D eigenvalue weighted by atomic mass is 79.9. The van der Waals surface area contributed by atoms with Crippen molar-refractivity contribution in [1.29, 1.82) is 0 Å². The number of aryl methyl sites for hydroxylation is 1. The minimum Gasteiger partial charge on any atom is -0.490 e. The van der Waals surface area contributed by atoms with Gasteiger partial charge in [0.05, 0.1) is 11.0 Å². The van der Waals surface area contributed by atoms with Crippen molar-refractivity contribution < 1.29 is 4.74 Å². The molecule has 0 aliphatic carbocycles. The molecular weight excluding hydrogens is 306 g/mol. The molecule has 19 heavy (non-hydrogen) atoms. The van der Waals surface area contributed by atoms with E-state index >= 15 is 0 Å². The minimum absolute atomic E-state index is 0.609. The maximum atomic E-state index is 5.90. The molecule has 4 nitrogen and oxygen atoms in total. The summed E-state index contributed by atoms with van der Waals surface area (Å²) in [6.45, 7) is 4.00. The van der Waals surface area contributed by atoms with E-state index in [-0.39, 0.29) is 0 Å². The van der Waals surface area contributed by atoms with Crippen LogP contribution in [0.25, 0.3) is 0 Å². The van der Waals surface area contributed by atoms with Crippen LogP contribution in [0.5, 0.6) is 5.75 Å². The third kappa shape index (κ3) is 3.58. The molecule has 0 spiro atoms. The summed E-state index contributed by atoms with van der Waals surface area (Å²) in [5, 5.41) is 0. The highest BCUT2D eigenvalue weighted by Gasteiger charge is 2.07. The zero-order chi connectivity index (χ0) is 13.7. The Bertz CT molecular complexity index is 539. The molecule has 0 fully saturated rings. The molecule has 0 aliphatic heterocycles. The number of imidazole rings is 1.